The summed E-state index contributed by atoms with van der Waals surface area (Å²) in [7, 11) is 0. The number of nitrogens with one attached hydrogen (secondary N) is 1. The van der Waals surface area contributed by atoms with E-state index in [4.69, 9.17) is 0 Å². The largest absolute Gasteiger partial charge is 0.393 e. The van der Waals surface area contributed by atoms with Gasteiger partial charge in [0.1, 0.15) is 0 Å². The average Bonchev–Trinajstić information content (AvgIpc) is 3.89. The predicted octanol–water partition coefficient (Wildman–Crippen LogP) is 11.5. The standard InChI is InChI=1S/C18H24O2.C13H15NO.C11H16.C3H8/c1-18-9-8-14-13-5-3-12(19)10-11(13)2-4-15(14)16(18)6-7-17(18)20;1-9(2)14-12-7-5-11(6-8-12)13(15)10-3-4-10;1-3-4-5-11-8-6-10(2)7-9-11;1-3-2/h10,15-17,20H,2-9H2,1H3;5-8,10,14H,1,3-4H2,2H3;6-9H,3-5H2,1-2H3;3H2,1-2H3. The molecule has 4 unspecified atom stereocenters. The first-order valence-corrected chi connectivity index (χ1v) is 19.3. The average molecular weight is 666 g/mol. The van der Waals surface area contributed by atoms with Crippen LogP contribution in [0.25, 0.3) is 0 Å². The molecule has 7 rings (SSSR count). The molecule has 0 saturated heterocycles. The van der Waals surface area contributed by atoms with E-state index in [9.17, 15) is 14.7 Å². The molecule has 0 aromatic heterocycles. The third kappa shape index (κ3) is 10.4. The van der Waals surface area contributed by atoms with E-state index >= 15 is 0 Å². The van der Waals surface area contributed by atoms with E-state index in [1.165, 1.54) is 60.8 Å². The first-order chi connectivity index (χ1) is 23.5. The van der Waals surface area contributed by atoms with Gasteiger partial charge < -0.3 is 10.4 Å². The zero-order valence-corrected chi connectivity index (χ0v) is 31.4. The quantitative estimate of drug-likeness (QED) is 0.289. The number of hydrogen-bond acceptors (Lipinski definition) is 4. The van der Waals surface area contributed by atoms with Gasteiger partial charge in [-0.3, -0.25) is 9.59 Å². The number of aliphatic hydroxyl groups excluding tert-OH is 1. The fourth-order valence-corrected chi connectivity index (χ4v) is 8.18. The summed E-state index contributed by atoms with van der Waals surface area (Å²) in [5, 5.41) is 13.5. The molecule has 0 heterocycles. The van der Waals surface area contributed by atoms with Crippen molar-refractivity contribution < 1.29 is 14.7 Å². The van der Waals surface area contributed by atoms with Gasteiger partial charge in [0.15, 0.2) is 11.6 Å². The van der Waals surface area contributed by atoms with Crippen LogP contribution >= 0.6 is 0 Å². The Morgan fingerprint density at radius 1 is 0.918 bits per heavy atom. The second-order valence-corrected chi connectivity index (χ2v) is 15.4. The highest BCUT2D eigenvalue weighted by Crippen LogP contribution is 2.59. The summed E-state index contributed by atoms with van der Waals surface area (Å²) >= 11 is 0. The SMILES string of the molecule is C=C(C)Nc1ccc(C(=O)C2CC2)cc1.CC12CCC3=C4CCC(=O)C=C4CCC3C1CCC2O.CCC.CCCCc1ccc(C)cc1. The lowest BCUT2D eigenvalue weighted by Gasteiger charge is -2.48. The Morgan fingerprint density at radius 2 is 1.59 bits per heavy atom. The number of ketones is 2. The smallest absolute Gasteiger partial charge is 0.165 e. The molecule has 2 N–H and O–H groups in total. The van der Waals surface area contributed by atoms with E-state index in [1.54, 1.807) is 5.57 Å². The zero-order valence-electron chi connectivity index (χ0n) is 31.4. The van der Waals surface area contributed by atoms with Crippen molar-refractivity contribution in [3.8, 4) is 0 Å². The van der Waals surface area contributed by atoms with Gasteiger partial charge in [-0.25, -0.2) is 0 Å². The molecule has 5 aliphatic rings. The van der Waals surface area contributed by atoms with E-state index in [0.29, 0.717) is 30.0 Å². The van der Waals surface area contributed by atoms with Crippen molar-refractivity contribution in [3.63, 3.8) is 0 Å². The number of rotatable bonds is 7. The van der Waals surface area contributed by atoms with Gasteiger partial charge in [-0.15, -0.1) is 0 Å². The second-order valence-electron chi connectivity index (χ2n) is 15.4. The first kappa shape index (κ1) is 38.6. The van der Waals surface area contributed by atoms with Gasteiger partial charge in [-0.05, 0) is 149 Å². The Morgan fingerprint density at radius 3 is 2.20 bits per heavy atom. The molecular weight excluding hydrogens is 602 g/mol. The van der Waals surface area contributed by atoms with Crippen molar-refractivity contribution in [1.29, 1.82) is 0 Å². The number of fused-ring (bicyclic) bond motifs is 4. The van der Waals surface area contributed by atoms with E-state index < -0.39 is 0 Å². The van der Waals surface area contributed by atoms with Crippen molar-refractivity contribution in [2.45, 2.75) is 138 Å². The molecule has 3 saturated carbocycles. The third-order valence-electron chi connectivity index (χ3n) is 11.1. The molecular formula is C45H63NO3. The monoisotopic (exact) mass is 665 g/mol. The molecule has 49 heavy (non-hydrogen) atoms. The minimum Gasteiger partial charge on any atom is -0.393 e. The molecule has 4 atom stereocenters. The lowest BCUT2D eigenvalue weighted by atomic mass is 9.57. The number of carbonyl (C=O) groups is 2. The van der Waals surface area contributed by atoms with Gasteiger partial charge in [-0.2, -0.15) is 0 Å². The Balaban J connectivity index is 0.000000166. The Bertz CT molecular complexity index is 1480. The highest BCUT2D eigenvalue weighted by Gasteiger charge is 2.53. The van der Waals surface area contributed by atoms with Crippen molar-refractivity contribution in [2.75, 3.05) is 5.32 Å². The van der Waals surface area contributed by atoms with Crippen LogP contribution < -0.4 is 5.32 Å². The van der Waals surface area contributed by atoms with Crippen LogP contribution in [0.5, 0.6) is 0 Å². The predicted molar refractivity (Wildman–Crippen MR) is 206 cm³/mol. The number of allylic oxidation sites excluding steroid dienone is 5. The Kier molecular flexibility index (Phi) is 14.3. The summed E-state index contributed by atoms with van der Waals surface area (Å²) in [6.45, 7) is 16.6. The summed E-state index contributed by atoms with van der Waals surface area (Å²) in [5.74, 6) is 2.26. The molecule has 0 aliphatic heterocycles. The van der Waals surface area contributed by atoms with Gasteiger partial charge in [0.25, 0.3) is 0 Å². The maximum Gasteiger partial charge on any atom is 0.165 e. The second kappa shape index (κ2) is 18.1. The summed E-state index contributed by atoms with van der Waals surface area (Å²) < 4.78 is 0. The zero-order chi connectivity index (χ0) is 35.6. The van der Waals surface area contributed by atoms with Gasteiger partial charge >= 0.3 is 0 Å². The van der Waals surface area contributed by atoms with Crippen LogP contribution in [0.3, 0.4) is 0 Å². The van der Waals surface area contributed by atoms with E-state index in [1.807, 2.05) is 37.3 Å². The maximum atomic E-state index is 11.7. The van der Waals surface area contributed by atoms with Crippen LogP contribution in [0.15, 0.2) is 83.6 Å². The highest BCUT2D eigenvalue weighted by molar-refractivity contribution is 5.99. The molecule has 4 heteroatoms. The van der Waals surface area contributed by atoms with Crippen LogP contribution in [0, 0.1) is 30.1 Å². The van der Waals surface area contributed by atoms with Crippen molar-refractivity contribution in [1.82, 2.24) is 0 Å². The van der Waals surface area contributed by atoms with Crippen LogP contribution in [0.2, 0.25) is 0 Å². The van der Waals surface area contributed by atoms with Crippen molar-refractivity contribution >= 4 is 17.3 Å². The lowest BCUT2D eigenvalue weighted by molar-refractivity contribution is -0.114. The summed E-state index contributed by atoms with van der Waals surface area (Å²) in [4.78, 5) is 23.3. The fourth-order valence-electron chi connectivity index (χ4n) is 8.18. The van der Waals surface area contributed by atoms with Crippen LogP contribution in [-0.4, -0.2) is 22.8 Å². The van der Waals surface area contributed by atoms with Crippen LogP contribution in [-0.2, 0) is 11.2 Å². The number of anilines is 1. The summed E-state index contributed by atoms with van der Waals surface area (Å²) in [6, 6.07) is 16.4. The van der Waals surface area contributed by atoms with Crippen molar-refractivity contribution in [2.24, 2.45) is 23.2 Å². The number of aliphatic hydroxyl groups is 1. The molecule has 266 valence electrons. The number of hydrogen-bond donors (Lipinski definition) is 2. The molecule has 0 amide bonds. The van der Waals surface area contributed by atoms with Crippen LogP contribution in [0.4, 0.5) is 5.69 Å². The van der Waals surface area contributed by atoms with E-state index in [-0.39, 0.29) is 17.3 Å². The third-order valence-corrected chi connectivity index (χ3v) is 11.1. The van der Waals surface area contributed by atoms with Crippen molar-refractivity contribution in [3.05, 3.63) is 100 Å². The van der Waals surface area contributed by atoms with Gasteiger partial charge in [0.05, 0.1) is 6.10 Å². The van der Waals surface area contributed by atoms with E-state index in [0.717, 1.165) is 61.9 Å². The van der Waals surface area contributed by atoms with Crippen LogP contribution in [0.1, 0.15) is 140 Å². The normalized spacial score (nSPS) is 25.0. The lowest BCUT2D eigenvalue weighted by Crippen LogP contribution is -2.42. The number of benzene rings is 2. The van der Waals surface area contributed by atoms with Gasteiger partial charge in [-0.1, -0.05) is 82.5 Å². The molecule has 0 bridgehead atoms. The summed E-state index contributed by atoms with van der Waals surface area (Å²) in [6.07, 6.45) is 17.4. The highest BCUT2D eigenvalue weighted by atomic mass is 16.3. The molecule has 2 aromatic carbocycles. The molecule has 0 radical (unpaired) electrons. The number of unbranched alkanes of at least 4 members (excludes halogenated alkanes) is 1. The van der Waals surface area contributed by atoms with Gasteiger partial charge in [0.2, 0.25) is 0 Å². The number of Topliss-reactive ketones (excluding diaryl/α,β-unsaturated/α-hetero) is 1. The fraction of sp³-hybridized carbons (Fsp3) is 0.556. The molecule has 4 nitrogen and oxygen atoms in total. The molecule has 0 spiro atoms. The van der Waals surface area contributed by atoms with E-state index in [2.05, 4.69) is 70.8 Å². The Hall–Kier alpha value is -3.24. The number of aryl methyl sites for hydroxylation is 2. The first-order valence-electron chi connectivity index (χ1n) is 19.3. The maximum absolute atomic E-state index is 11.7. The molecule has 3 fully saturated rings. The molecule has 5 aliphatic carbocycles. The van der Waals surface area contributed by atoms with Gasteiger partial charge in [0, 0.05) is 29.3 Å². The Labute approximate surface area is 297 Å². The number of carbonyl (C=O) groups excluding carboxylic acids is 2. The molecule has 2 aromatic rings. The minimum atomic E-state index is -0.0936. The topological polar surface area (TPSA) is 66.4 Å². The minimum absolute atomic E-state index is 0.0936. The summed E-state index contributed by atoms with van der Waals surface area (Å²) in [5.41, 5.74) is 10.2.